The fourth-order valence-corrected chi connectivity index (χ4v) is 1.44. The number of nitrogen functional groups attached to an aromatic ring is 1. The molecule has 1 fully saturated rings. The minimum atomic E-state index is 0.0754. The summed E-state index contributed by atoms with van der Waals surface area (Å²) < 4.78 is 0. The Morgan fingerprint density at radius 3 is 3.14 bits per heavy atom. The maximum absolute atomic E-state index is 10.9. The molecule has 1 amide bonds. The summed E-state index contributed by atoms with van der Waals surface area (Å²) in [6.07, 6.45) is 2.14. The molecule has 1 aliphatic rings. The molecule has 0 bridgehead atoms. The molecular formula is C9H12N4O. The standard InChI is InChI=1S/C9H12N4O/c10-6-1-2-11-8(3-6)13-7-4-9(14)12-5-7/h1-3,7H,4-5H2,(H,12,14)(H3,10,11,13). The van der Waals surface area contributed by atoms with Crippen LogP contribution in [0.15, 0.2) is 18.3 Å². The van der Waals surface area contributed by atoms with Gasteiger partial charge in [-0.2, -0.15) is 0 Å². The summed E-state index contributed by atoms with van der Waals surface area (Å²) in [4.78, 5) is 15.0. The fraction of sp³-hybridized carbons (Fsp3) is 0.333. The Morgan fingerprint density at radius 2 is 2.50 bits per heavy atom. The van der Waals surface area contributed by atoms with E-state index in [1.807, 2.05) is 0 Å². The van der Waals surface area contributed by atoms with Crippen LogP contribution in [-0.2, 0) is 4.79 Å². The summed E-state index contributed by atoms with van der Waals surface area (Å²) in [6, 6.07) is 3.60. The summed E-state index contributed by atoms with van der Waals surface area (Å²) in [6.45, 7) is 0.648. The predicted octanol–water partition coefficient (Wildman–Crippen LogP) is -0.0358. The summed E-state index contributed by atoms with van der Waals surface area (Å²) in [5.74, 6) is 0.790. The van der Waals surface area contributed by atoms with E-state index in [9.17, 15) is 4.79 Å². The SMILES string of the molecule is Nc1ccnc(NC2CNC(=O)C2)c1. The number of carbonyl (C=O) groups is 1. The molecule has 0 aromatic carbocycles. The third kappa shape index (κ3) is 1.93. The van der Waals surface area contributed by atoms with Gasteiger partial charge in [0.15, 0.2) is 0 Å². The number of carbonyl (C=O) groups excluding carboxylic acids is 1. The van der Waals surface area contributed by atoms with Crippen molar-refractivity contribution in [1.29, 1.82) is 0 Å². The largest absolute Gasteiger partial charge is 0.399 e. The lowest BCUT2D eigenvalue weighted by Gasteiger charge is -2.10. The summed E-state index contributed by atoms with van der Waals surface area (Å²) in [5.41, 5.74) is 6.26. The normalized spacial score (nSPS) is 20.6. The van der Waals surface area contributed by atoms with Gasteiger partial charge in [0, 0.05) is 30.9 Å². The number of hydrogen-bond donors (Lipinski definition) is 3. The van der Waals surface area contributed by atoms with Gasteiger partial charge in [0.1, 0.15) is 5.82 Å². The van der Waals surface area contributed by atoms with Crippen molar-refractivity contribution in [2.45, 2.75) is 12.5 Å². The van der Waals surface area contributed by atoms with Crippen LogP contribution in [0.25, 0.3) is 0 Å². The molecule has 1 aromatic rings. The van der Waals surface area contributed by atoms with Crippen molar-refractivity contribution in [3.05, 3.63) is 18.3 Å². The van der Waals surface area contributed by atoms with E-state index >= 15 is 0 Å². The molecule has 0 aliphatic carbocycles. The minimum Gasteiger partial charge on any atom is -0.399 e. The van der Waals surface area contributed by atoms with Crippen LogP contribution in [0.5, 0.6) is 0 Å². The van der Waals surface area contributed by atoms with Gasteiger partial charge in [0.2, 0.25) is 5.91 Å². The molecular weight excluding hydrogens is 180 g/mol. The molecule has 0 radical (unpaired) electrons. The Morgan fingerprint density at radius 1 is 1.64 bits per heavy atom. The summed E-state index contributed by atoms with van der Waals surface area (Å²) in [5, 5.41) is 5.88. The molecule has 4 N–H and O–H groups in total. The lowest BCUT2D eigenvalue weighted by molar-refractivity contribution is -0.119. The zero-order chi connectivity index (χ0) is 9.97. The number of hydrogen-bond acceptors (Lipinski definition) is 4. The van der Waals surface area contributed by atoms with Gasteiger partial charge in [-0.05, 0) is 6.07 Å². The van der Waals surface area contributed by atoms with E-state index < -0.39 is 0 Å². The number of amides is 1. The van der Waals surface area contributed by atoms with Crippen LogP contribution >= 0.6 is 0 Å². The fourth-order valence-electron chi connectivity index (χ4n) is 1.44. The molecule has 5 heteroatoms. The van der Waals surface area contributed by atoms with Gasteiger partial charge in [-0.15, -0.1) is 0 Å². The van der Waals surface area contributed by atoms with Crippen LogP contribution in [0.1, 0.15) is 6.42 Å². The second-order valence-electron chi connectivity index (χ2n) is 3.32. The first kappa shape index (κ1) is 8.80. The Bertz CT molecular complexity index is 352. The Balaban J connectivity index is 2.00. The Hall–Kier alpha value is -1.78. The van der Waals surface area contributed by atoms with Crippen molar-refractivity contribution in [1.82, 2.24) is 10.3 Å². The molecule has 0 spiro atoms. The number of nitrogens with two attached hydrogens (primary N) is 1. The maximum Gasteiger partial charge on any atom is 0.222 e. The van der Waals surface area contributed by atoms with E-state index in [0.29, 0.717) is 24.5 Å². The second-order valence-corrected chi connectivity index (χ2v) is 3.32. The van der Waals surface area contributed by atoms with E-state index in [1.165, 1.54) is 0 Å². The number of aromatic nitrogens is 1. The molecule has 5 nitrogen and oxygen atoms in total. The van der Waals surface area contributed by atoms with Gasteiger partial charge >= 0.3 is 0 Å². The third-order valence-corrected chi connectivity index (χ3v) is 2.11. The molecule has 1 aliphatic heterocycles. The van der Waals surface area contributed by atoms with Gasteiger partial charge < -0.3 is 16.4 Å². The van der Waals surface area contributed by atoms with Crippen molar-refractivity contribution in [2.75, 3.05) is 17.6 Å². The highest BCUT2D eigenvalue weighted by molar-refractivity contribution is 5.79. The molecule has 0 saturated carbocycles. The average molecular weight is 192 g/mol. The topological polar surface area (TPSA) is 80.0 Å². The zero-order valence-corrected chi connectivity index (χ0v) is 7.66. The van der Waals surface area contributed by atoms with Crippen molar-refractivity contribution in [2.24, 2.45) is 0 Å². The molecule has 1 atom stereocenters. The van der Waals surface area contributed by atoms with Gasteiger partial charge in [-0.1, -0.05) is 0 Å². The van der Waals surface area contributed by atoms with Gasteiger partial charge in [-0.3, -0.25) is 4.79 Å². The number of pyridine rings is 1. The predicted molar refractivity (Wildman–Crippen MR) is 53.7 cm³/mol. The molecule has 1 saturated heterocycles. The van der Waals surface area contributed by atoms with E-state index in [2.05, 4.69) is 15.6 Å². The lowest BCUT2D eigenvalue weighted by Crippen LogP contribution is -2.22. The minimum absolute atomic E-state index is 0.0754. The Labute approximate surface area is 81.7 Å². The van der Waals surface area contributed by atoms with Crippen molar-refractivity contribution in [3.8, 4) is 0 Å². The van der Waals surface area contributed by atoms with Crippen LogP contribution in [0.3, 0.4) is 0 Å². The lowest BCUT2D eigenvalue weighted by atomic mass is 10.2. The van der Waals surface area contributed by atoms with Crippen LogP contribution < -0.4 is 16.4 Å². The smallest absolute Gasteiger partial charge is 0.222 e. The first-order valence-electron chi connectivity index (χ1n) is 4.49. The summed E-state index contributed by atoms with van der Waals surface area (Å²) in [7, 11) is 0. The molecule has 2 rings (SSSR count). The van der Waals surface area contributed by atoms with Crippen LogP contribution in [0, 0.1) is 0 Å². The quantitative estimate of drug-likeness (QED) is 0.614. The molecule has 2 heterocycles. The number of nitrogens with zero attached hydrogens (tertiary/aromatic N) is 1. The van der Waals surface area contributed by atoms with E-state index in [4.69, 9.17) is 5.73 Å². The first-order valence-corrected chi connectivity index (χ1v) is 4.49. The third-order valence-electron chi connectivity index (χ3n) is 2.11. The van der Waals surface area contributed by atoms with Gasteiger partial charge in [0.05, 0.1) is 6.04 Å². The molecule has 1 aromatic heterocycles. The number of anilines is 2. The molecule has 1 unspecified atom stereocenters. The summed E-state index contributed by atoms with van der Waals surface area (Å²) >= 11 is 0. The highest BCUT2D eigenvalue weighted by Gasteiger charge is 2.21. The van der Waals surface area contributed by atoms with Crippen LogP contribution in [0.4, 0.5) is 11.5 Å². The monoisotopic (exact) mass is 192 g/mol. The second kappa shape index (κ2) is 3.53. The van der Waals surface area contributed by atoms with E-state index in [0.717, 1.165) is 0 Å². The molecule has 74 valence electrons. The highest BCUT2D eigenvalue weighted by atomic mass is 16.1. The molecule has 14 heavy (non-hydrogen) atoms. The Kier molecular flexibility index (Phi) is 2.22. The van der Waals surface area contributed by atoms with Crippen molar-refractivity contribution < 1.29 is 4.79 Å². The van der Waals surface area contributed by atoms with Crippen molar-refractivity contribution >= 4 is 17.4 Å². The van der Waals surface area contributed by atoms with Gasteiger partial charge in [-0.25, -0.2) is 4.98 Å². The number of nitrogens with one attached hydrogen (secondary N) is 2. The zero-order valence-electron chi connectivity index (χ0n) is 7.66. The average Bonchev–Trinajstić information content (AvgIpc) is 2.51. The van der Waals surface area contributed by atoms with Gasteiger partial charge in [0.25, 0.3) is 0 Å². The highest BCUT2D eigenvalue weighted by Crippen LogP contribution is 2.11. The van der Waals surface area contributed by atoms with Crippen LogP contribution in [-0.4, -0.2) is 23.5 Å². The van der Waals surface area contributed by atoms with Crippen molar-refractivity contribution in [3.63, 3.8) is 0 Å². The number of rotatable bonds is 2. The van der Waals surface area contributed by atoms with E-state index in [1.54, 1.807) is 18.3 Å². The first-order chi connectivity index (χ1) is 6.74. The van der Waals surface area contributed by atoms with E-state index in [-0.39, 0.29) is 11.9 Å². The maximum atomic E-state index is 10.9. The van der Waals surface area contributed by atoms with Crippen LogP contribution in [0.2, 0.25) is 0 Å².